The Morgan fingerprint density at radius 1 is 1.13 bits per heavy atom. The average molecular weight is 469 g/mol. The first-order chi connectivity index (χ1) is 13.5. The van der Waals surface area contributed by atoms with Gasteiger partial charge in [-0.15, -0.1) is 6.58 Å². The molecule has 0 N–H and O–H groups in total. The fourth-order valence-corrected chi connectivity index (χ4v) is 3.22. The Balaban J connectivity index is 3.60. The first-order valence-electron chi connectivity index (χ1n) is 8.90. The summed E-state index contributed by atoms with van der Waals surface area (Å²) in [6.45, 7) is 8.15. The van der Waals surface area contributed by atoms with Crippen LogP contribution in [0.2, 0.25) is 10.0 Å². The maximum atomic E-state index is 13.0. The third kappa shape index (κ3) is 6.28. The Kier molecular flexibility index (Phi) is 8.24. The van der Waals surface area contributed by atoms with E-state index in [-0.39, 0.29) is 16.5 Å². The number of ether oxygens (including phenoxy) is 1. The van der Waals surface area contributed by atoms with Gasteiger partial charge in [0.05, 0.1) is 15.6 Å². The molecule has 0 aliphatic carbocycles. The van der Waals surface area contributed by atoms with Crippen LogP contribution < -0.4 is 0 Å². The predicted molar refractivity (Wildman–Crippen MR) is 111 cm³/mol. The summed E-state index contributed by atoms with van der Waals surface area (Å²) < 4.78 is 44.4. The standard InChI is InChI=1S/C20H25Cl2F3N2O3/c1-7-10-19(12-26(5)16(28)20(23,24)25,13-8-9-14(21)15(22)11-13)27(6)17(29)30-18(2,3)4/h7-9,11H,1,10,12H2,2-6H3/t19-/m1/s1. The number of likely N-dealkylation sites (N-methyl/N-ethyl adjacent to an activating group) is 2. The van der Waals surface area contributed by atoms with Gasteiger partial charge in [0.15, 0.2) is 0 Å². The van der Waals surface area contributed by atoms with Crippen molar-refractivity contribution < 1.29 is 27.5 Å². The number of amides is 2. The molecule has 0 unspecified atom stereocenters. The number of rotatable bonds is 6. The number of carbonyl (C=O) groups excluding carboxylic acids is 2. The van der Waals surface area contributed by atoms with Gasteiger partial charge in [-0.25, -0.2) is 4.79 Å². The molecule has 2 amide bonds. The number of halogens is 5. The van der Waals surface area contributed by atoms with Gasteiger partial charge >= 0.3 is 18.2 Å². The molecule has 0 saturated carbocycles. The van der Waals surface area contributed by atoms with Crippen LogP contribution in [0.1, 0.15) is 32.8 Å². The Labute approximate surface area is 184 Å². The minimum absolute atomic E-state index is 0.0101. The highest BCUT2D eigenvalue weighted by Gasteiger charge is 2.47. The molecule has 0 radical (unpaired) electrons. The molecule has 1 rings (SSSR count). The van der Waals surface area contributed by atoms with E-state index in [1.807, 2.05) is 0 Å². The topological polar surface area (TPSA) is 49.9 Å². The number of alkyl halides is 3. The van der Waals surface area contributed by atoms with Crippen molar-refractivity contribution in [3.63, 3.8) is 0 Å². The van der Waals surface area contributed by atoms with Gasteiger partial charge in [0.2, 0.25) is 0 Å². The monoisotopic (exact) mass is 468 g/mol. The smallest absolute Gasteiger partial charge is 0.444 e. The first-order valence-corrected chi connectivity index (χ1v) is 9.66. The van der Waals surface area contributed by atoms with Crippen LogP contribution in [0.25, 0.3) is 0 Å². The molecule has 168 valence electrons. The van der Waals surface area contributed by atoms with Gasteiger partial charge in [0.25, 0.3) is 0 Å². The van der Waals surface area contributed by atoms with Gasteiger partial charge in [-0.3, -0.25) is 9.69 Å². The highest BCUT2D eigenvalue weighted by Crippen LogP contribution is 2.37. The molecule has 1 aromatic rings. The SMILES string of the molecule is C=CC[C@@](CN(C)C(=O)C(F)(F)F)(c1ccc(Cl)c(Cl)c1)N(C)C(=O)OC(C)(C)C. The van der Waals surface area contributed by atoms with Crippen LogP contribution in [0.15, 0.2) is 30.9 Å². The maximum Gasteiger partial charge on any atom is 0.471 e. The zero-order valence-corrected chi connectivity index (χ0v) is 19.0. The average Bonchev–Trinajstić information content (AvgIpc) is 2.59. The highest BCUT2D eigenvalue weighted by atomic mass is 35.5. The second-order valence-corrected chi connectivity index (χ2v) is 8.67. The minimum Gasteiger partial charge on any atom is -0.444 e. The first kappa shape index (κ1) is 26.1. The van der Waals surface area contributed by atoms with E-state index < -0.39 is 35.9 Å². The lowest BCUT2D eigenvalue weighted by molar-refractivity contribution is -0.185. The quantitative estimate of drug-likeness (QED) is 0.506. The van der Waals surface area contributed by atoms with Crippen molar-refractivity contribution in [1.29, 1.82) is 0 Å². The number of nitrogens with zero attached hydrogens (tertiary/aromatic N) is 2. The summed E-state index contributed by atoms with van der Waals surface area (Å²) in [5.74, 6) is -2.05. The highest BCUT2D eigenvalue weighted by molar-refractivity contribution is 6.42. The molecule has 0 heterocycles. The van der Waals surface area contributed by atoms with Gasteiger partial charge in [-0.1, -0.05) is 35.3 Å². The van der Waals surface area contributed by atoms with E-state index in [1.54, 1.807) is 20.8 Å². The van der Waals surface area contributed by atoms with E-state index >= 15 is 0 Å². The summed E-state index contributed by atoms with van der Waals surface area (Å²) in [4.78, 5) is 26.3. The maximum absolute atomic E-state index is 13.0. The fourth-order valence-electron chi connectivity index (χ4n) is 2.92. The molecule has 10 heteroatoms. The van der Waals surface area contributed by atoms with E-state index in [2.05, 4.69) is 6.58 Å². The van der Waals surface area contributed by atoms with Crippen molar-refractivity contribution in [2.75, 3.05) is 20.6 Å². The molecule has 0 saturated heterocycles. The lowest BCUT2D eigenvalue weighted by atomic mass is 9.84. The molecule has 0 fully saturated rings. The summed E-state index contributed by atoms with van der Waals surface area (Å²) in [7, 11) is 2.39. The van der Waals surface area contributed by atoms with Crippen LogP contribution in [0.3, 0.4) is 0 Å². The van der Waals surface area contributed by atoms with Crippen LogP contribution in [-0.4, -0.2) is 54.2 Å². The summed E-state index contributed by atoms with van der Waals surface area (Å²) >= 11 is 12.1. The molecular weight excluding hydrogens is 444 g/mol. The third-order valence-corrected chi connectivity index (χ3v) is 5.08. The molecule has 30 heavy (non-hydrogen) atoms. The number of hydrogen-bond donors (Lipinski definition) is 0. The normalized spacial score (nSPS) is 13.9. The Hall–Kier alpha value is -1.93. The van der Waals surface area contributed by atoms with Crippen LogP contribution in [0, 0.1) is 0 Å². The molecule has 1 atom stereocenters. The van der Waals surface area contributed by atoms with E-state index in [0.29, 0.717) is 10.5 Å². The predicted octanol–water partition coefficient (Wildman–Crippen LogP) is 5.65. The van der Waals surface area contributed by atoms with E-state index in [0.717, 1.165) is 11.9 Å². The molecule has 0 aromatic heterocycles. The van der Waals surface area contributed by atoms with Crippen molar-refractivity contribution in [2.45, 2.75) is 44.5 Å². The molecule has 0 aliphatic heterocycles. The Morgan fingerprint density at radius 2 is 1.70 bits per heavy atom. The van der Waals surface area contributed by atoms with Gasteiger partial charge in [0, 0.05) is 20.6 Å². The summed E-state index contributed by atoms with van der Waals surface area (Å²) in [5, 5.41) is 0.373. The largest absolute Gasteiger partial charge is 0.471 e. The Bertz CT molecular complexity index is 809. The third-order valence-electron chi connectivity index (χ3n) is 4.34. The second-order valence-electron chi connectivity index (χ2n) is 7.85. The van der Waals surface area contributed by atoms with Crippen molar-refractivity contribution in [2.24, 2.45) is 0 Å². The van der Waals surface area contributed by atoms with Crippen molar-refractivity contribution in [1.82, 2.24) is 9.80 Å². The van der Waals surface area contributed by atoms with Gasteiger partial charge in [-0.05, 0) is 44.9 Å². The van der Waals surface area contributed by atoms with Gasteiger partial charge < -0.3 is 9.64 Å². The van der Waals surface area contributed by atoms with Crippen molar-refractivity contribution in [3.05, 3.63) is 46.5 Å². The number of carbonyl (C=O) groups is 2. The Morgan fingerprint density at radius 3 is 2.13 bits per heavy atom. The zero-order chi connectivity index (χ0) is 23.5. The van der Waals surface area contributed by atoms with E-state index in [9.17, 15) is 22.8 Å². The summed E-state index contributed by atoms with van der Waals surface area (Å²) in [6.07, 6.45) is -4.41. The molecular formula is C20H25Cl2F3N2O3. The lowest BCUT2D eigenvalue weighted by Gasteiger charge is -2.44. The van der Waals surface area contributed by atoms with E-state index in [1.165, 1.54) is 31.3 Å². The number of hydrogen-bond acceptors (Lipinski definition) is 3. The van der Waals surface area contributed by atoms with E-state index in [4.69, 9.17) is 27.9 Å². The minimum atomic E-state index is -5.07. The molecule has 5 nitrogen and oxygen atoms in total. The van der Waals surface area contributed by atoms with Crippen LogP contribution >= 0.6 is 23.2 Å². The van der Waals surface area contributed by atoms with Crippen molar-refractivity contribution in [3.8, 4) is 0 Å². The fraction of sp³-hybridized carbons (Fsp3) is 0.500. The molecule has 0 aliphatic rings. The number of benzene rings is 1. The van der Waals surface area contributed by atoms with Crippen LogP contribution in [0.5, 0.6) is 0 Å². The summed E-state index contributed by atoms with van der Waals surface area (Å²) in [6, 6.07) is 4.44. The van der Waals surface area contributed by atoms with Gasteiger partial charge in [0.1, 0.15) is 5.60 Å². The van der Waals surface area contributed by atoms with Crippen LogP contribution in [-0.2, 0) is 15.1 Å². The molecule has 0 spiro atoms. The summed E-state index contributed by atoms with van der Waals surface area (Å²) in [5.41, 5.74) is -1.93. The molecule has 1 aromatic carbocycles. The van der Waals surface area contributed by atoms with Crippen molar-refractivity contribution >= 4 is 35.2 Å². The zero-order valence-electron chi connectivity index (χ0n) is 17.4. The molecule has 0 bridgehead atoms. The van der Waals surface area contributed by atoms with Crippen LogP contribution in [0.4, 0.5) is 18.0 Å². The van der Waals surface area contributed by atoms with Gasteiger partial charge in [-0.2, -0.15) is 13.2 Å². The lowest BCUT2D eigenvalue weighted by Crippen LogP contribution is -2.56. The second kappa shape index (κ2) is 9.47.